The molecule has 12 heteroatoms. The van der Waals surface area contributed by atoms with Gasteiger partial charge in [-0.2, -0.15) is 18.2 Å². The van der Waals surface area contributed by atoms with Crippen LogP contribution in [0.1, 0.15) is 36.8 Å². The SMILES string of the molecule is COCC(=O)N1CCCCC1CCNc1nc(Nc2ccc3c(c2)CC(=O)N3)ncc1C(F)(F)F. The number of amides is 2. The minimum Gasteiger partial charge on any atom is -0.375 e. The first-order valence-electron chi connectivity index (χ1n) is 11.4. The number of rotatable bonds is 8. The van der Waals surface area contributed by atoms with E-state index in [1.54, 1.807) is 23.1 Å². The van der Waals surface area contributed by atoms with E-state index in [1.165, 1.54) is 7.11 Å². The second-order valence-corrected chi connectivity index (χ2v) is 8.56. The number of aromatic nitrogens is 2. The maximum Gasteiger partial charge on any atom is 0.421 e. The number of hydrogen-bond acceptors (Lipinski definition) is 7. The Labute approximate surface area is 200 Å². The highest BCUT2D eigenvalue weighted by atomic mass is 19.4. The Morgan fingerprint density at radius 1 is 1.31 bits per heavy atom. The van der Waals surface area contributed by atoms with Crippen LogP contribution < -0.4 is 16.0 Å². The molecule has 0 bridgehead atoms. The molecule has 0 aliphatic carbocycles. The molecule has 3 heterocycles. The van der Waals surface area contributed by atoms with Crippen molar-refractivity contribution in [3.63, 3.8) is 0 Å². The van der Waals surface area contributed by atoms with Crippen molar-refractivity contribution in [2.24, 2.45) is 0 Å². The number of likely N-dealkylation sites (tertiary alicyclic amines) is 1. The zero-order valence-corrected chi connectivity index (χ0v) is 19.2. The zero-order valence-electron chi connectivity index (χ0n) is 19.2. The summed E-state index contributed by atoms with van der Waals surface area (Å²) < 4.78 is 45.7. The fourth-order valence-corrected chi connectivity index (χ4v) is 4.41. The number of carbonyl (C=O) groups is 2. The number of methoxy groups -OCH3 is 1. The van der Waals surface area contributed by atoms with E-state index in [0.717, 1.165) is 31.0 Å². The van der Waals surface area contributed by atoms with Crippen LogP contribution in [0.15, 0.2) is 24.4 Å². The van der Waals surface area contributed by atoms with Gasteiger partial charge >= 0.3 is 6.18 Å². The minimum absolute atomic E-state index is 0.00713. The number of nitrogens with one attached hydrogen (secondary N) is 3. The molecule has 0 spiro atoms. The molecule has 188 valence electrons. The van der Waals surface area contributed by atoms with Gasteiger partial charge in [0.05, 0.1) is 6.42 Å². The van der Waals surface area contributed by atoms with Crippen molar-refractivity contribution in [1.29, 1.82) is 0 Å². The number of anilines is 4. The molecule has 9 nitrogen and oxygen atoms in total. The molecule has 1 aromatic heterocycles. The monoisotopic (exact) mass is 492 g/mol. The Morgan fingerprint density at radius 3 is 2.91 bits per heavy atom. The number of ether oxygens (including phenoxy) is 1. The highest BCUT2D eigenvalue weighted by Gasteiger charge is 2.35. The van der Waals surface area contributed by atoms with Gasteiger partial charge in [-0.1, -0.05) is 0 Å². The number of halogens is 3. The van der Waals surface area contributed by atoms with Gasteiger partial charge in [0, 0.05) is 43.8 Å². The first-order valence-corrected chi connectivity index (χ1v) is 11.4. The maximum atomic E-state index is 13.6. The van der Waals surface area contributed by atoms with E-state index >= 15 is 0 Å². The second-order valence-electron chi connectivity index (χ2n) is 8.56. The highest BCUT2D eigenvalue weighted by Crippen LogP contribution is 2.34. The van der Waals surface area contributed by atoms with Crippen molar-refractivity contribution in [2.45, 2.75) is 44.3 Å². The third kappa shape index (κ3) is 5.99. The lowest BCUT2D eigenvalue weighted by Gasteiger charge is -2.36. The van der Waals surface area contributed by atoms with Crippen molar-refractivity contribution in [2.75, 3.05) is 42.8 Å². The summed E-state index contributed by atoms with van der Waals surface area (Å²) >= 11 is 0. The van der Waals surface area contributed by atoms with Crippen LogP contribution in [-0.4, -0.2) is 59.5 Å². The summed E-state index contributed by atoms with van der Waals surface area (Å²) in [6.07, 6.45) is -0.543. The Kier molecular flexibility index (Phi) is 7.39. The molecule has 1 fully saturated rings. The molecule has 2 aromatic rings. The lowest BCUT2D eigenvalue weighted by molar-refractivity contribution is -0.139. The molecule has 0 radical (unpaired) electrons. The van der Waals surface area contributed by atoms with Gasteiger partial charge in [0.15, 0.2) is 0 Å². The smallest absolute Gasteiger partial charge is 0.375 e. The number of carbonyl (C=O) groups excluding carboxylic acids is 2. The summed E-state index contributed by atoms with van der Waals surface area (Å²) in [5.41, 5.74) is 1.07. The van der Waals surface area contributed by atoms with Gasteiger partial charge in [0.25, 0.3) is 0 Å². The van der Waals surface area contributed by atoms with E-state index in [9.17, 15) is 22.8 Å². The first kappa shape index (κ1) is 24.7. The predicted octanol–water partition coefficient (Wildman–Crippen LogP) is 3.56. The van der Waals surface area contributed by atoms with E-state index in [1.807, 2.05) is 0 Å². The third-order valence-corrected chi connectivity index (χ3v) is 6.07. The fraction of sp³-hybridized carbons (Fsp3) is 0.478. The molecule has 2 amide bonds. The van der Waals surface area contributed by atoms with Crippen LogP contribution in [-0.2, 0) is 26.9 Å². The number of nitrogens with zero attached hydrogens (tertiary/aromatic N) is 3. The molecule has 1 atom stereocenters. The van der Waals surface area contributed by atoms with Gasteiger partial charge in [-0.05, 0) is 49.4 Å². The van der Waals surface area contributed by atoms with Crippen LogP contribution >= 0.6 is 0 Å². The summed E-state index contributed by atoms with van der Waals surface area (Å²) in [4.78, 5) is 33.5. The summed E-state index contributed by atoms with van der Waals surface area (Å²) in [5, 5.41) is 8.43. The van der Waals surface area contributed by atoms with E-state index in [-0.39, 0.29) is 49.2 Å². The number of benzene rings is 1. The van der Waals surface area contributed by atoms with Crippen LogP contribution in [0.25, 0.3) is 0 Å². The first-order chi connectivity index (χ1) is 16.7. The van der Waals surface area contributed by atoms with E-state index in [0.29, 0.717) is 24.3 Å². The van der Waals surface area contributed by atoms with Gasteiger partial charge in [-0.25, -0.2) is 4.98 Å². The molecule has 2 aliphatic rings. The standard InChI is InChI=1S/C23H27F3N6O3/c1-35-13-20(34)32-9-3-2-4-16(32)7-8-27-21-17(23(24,25)26)12-28-22(31-21)29-15-5-6-18-14(10-15)11-19(33)30-18/h5-6,10,12,16H,2-4,7-9,11,13H2,1H3,(H,30,33)(H2,27,28,29,31). The molecule has 4 rings (SSSR count). The quantitative estimate of drug-likeness (QED) is 0.517. The minimum atomic E-state index is -4.63. The van der Waals surface area contributed by atoms with Gasteiger partial charge in [-0.15, -0.1) is 0 Å². The topological polar surface area (TPSA) is 108 Å². The van der Waals surface area contributed by atoms with E-state index in [2.05, 4.69) is 25.9 Å². The van der Waals surface area contributed by atoms with Crippen LogP contribution in [0.4, 0.5) is 36.3 Å². The summed E-state index contributed by atoms with van der Waals surface area (Å²) in [5.74, 6) is -0.575. The Balaban J connectivity index is 1.46. The second kappa shape index (κ2) is 10.5. The zero-order chi connectivity index (χ0) is 25.0. The Bertz CT molecular complexity index is 1090. The van der Waals surface area contributed by atoms with Gasteiger partial charge < -0.3 is 25.6 Å². The Hall–Kier alpha value is -3.41. The molecule has 1 unspecified atom stereocenters. The molecule has 0 saturated carbocycles. The normalized spacial score (nSPS) is 17.7. The van der Waals surface area contributed by atoms with Crippen molar-refractivity contribution >= 4 is 35.0 Å². The Morgan fingerprint density at radius 2 is 2.14 bits per heavy atom. The van der Waals surface area contributed by atoms with Crippen molar-refractivity contribution in [3.05, 3.63) is 35.5 Å². The average Bonchev–Trinajstić information content (AvgIpc) is 3.18. The molecular weight excluding hydrogens is 465 g/mol. The van der Waals surface area contributed by atoms with Crippen molar-refractivity contribution in [3.8, 4) is 0 Å². The molecule has 2 aliphatic heterocycles. The molecule has 3 N–H and O–H groups in total. The highest BCUT2D eigenvalue weighted by molar-refractivity contribution is 5.99. The fourth-order valence-electron chi connectivity index (χ4n) is 4.41. The number of piperidine rings is 1. The summed E-state index contributed by atoms with van der Waals surface area (Å²) in [7, 11) is 1.46. The van der Waals surface area contributed by atoms with Gasteiger partial charge in [0.1, 0.15) is 18.0 Å². The van der Waals surface area contributed by atoms with Gasteiger partial charge in [-0.3, -0.25) is 9.59 Å². The number of alkyl halides is 3. The van der Waals surface area contributed by atoms with Crippen LogP contribution in [0, 0.1) is 0 Å². The lowest BCUT2D eigenvalue weighted by atomic mass is 9.99. The predicted molar refractivity (Wildman–Crippen MR) is 123 cm³/mol. The molecule has 1 aromatic carbocycles. The maximum absolute atomic E-state index is 13.6. The van der Waals surface area contributed by atoms with Crippen molar-refractivity contribution in [1.82, 2.24) is 14.9 Å². The largest absolute Gasteiger partial charge is 0.421 e. The average molecular weight is 493 g/mol. The van der Waals surface area contributed by atoms with Crippen LogP contribution in [0.2, 0.25) is 0 Å². The molecular formula is C23H27F3N6O3. The van der Waals surface area contributed by atoms with Crippen LogP contribution in [0.5, 0.6) is 0 Å². The summed E-state index contributed by atoms with van der Waals surface area (Å²) in [6, 6.07) is 5.06. The van der Waals surface area contributed by atoms with E-state index in [4.69, 9.17) is 4.74 Å². The lowest BCUT2D eigenvalue weighted by Crippen LogP contribution is -2.46. The van der Waals surface area contributed by atoms with E-state index < -0.39 is 11.7 Å². The molecule has 1 saturated heterocycles. The van der Waals surface area contributed by atoms with Crippen LogP contribution in [0.3, 0.4) is 0 Å². The van der Waals surface area contributed by atoms with Gasteiger partial charge in [0.2, 0.25) is 17.8 Å². The number of fused-ring (bicyclic) bond motifs is 1. The molecule has 35 heavy (non-hydrogen) atoms. The number of hydrogen-bond donors (Lipinski definition) is 3. The summed E-state index contributed by atoms with van der Waals surface area (Å²) in [6.45, 7) is 0.799. The third-order valence-electron chi connectivity index (χ3n) is 6.07. The van der Waals surface area contributed by atoms with Crippen molar-refractivity contribution < 1.29 is 27.5 Å².